The molecule has 1 unspecified atom stereocenters. The van der Waals surface area contributed by atoms with E-state index < -0.39 is 0 Å². The molecule has 1 atom stereocenters. The van der Waals surface area contributed by atoms with Gasteiger partial charge < -0.3 is 21.3 Å². The van der Waals surface area contributed by atoms with Gasteiger partial charge in [0.15, 0.2) is 0 Å². The summed E-state index contributed by atoms with van der Waals surface area (Å²) in [5, 5.41) is 5.59. The number of nitrogens with one attached hydrogen (secondary N) is 2. The quantitative estimate of drug-likeness (QED) is 0.704. The highest BCUT2D eigenvalue weighted by molar-refractivity contribution is 6.04. The lowest BCUT2D eigenvalue weighted by molar-refractivity contribution is -0.135. The average molecular weight is 358 g/mol. The molecule has 1 aromatic rings. The van der Waals surface area contributed by atoms with E-state index >= 15 is 0 Å². The van der Waals surface area contributed by atoms with Crippen LogP contribution in [-0.2, 0) is 9.59 Å². The summed E-state index contributed by atoms with van der Waals surface area (Å²) in [6.07, 6.45) is 3.52. The van der Waals surface area contributed by atoms with E-state index in [1.165, 1.54) is 0 Å². The van der Waals surface area contributed by atoms with Crippen LogP contribution in [0.1, 0.15) is 36.0 Å². The second-order valence-corrected chi connectivity index (χ2v) is 6.98. The molecular weight excluding hydrogens is 332 g/mol. The number of piperidine rings is 1. The Morgan fingerprint density at radius 1 is 1.12 bits per heavy atom. The van der Waals surface area contributed by atoms with Crippen LogP contribution < -0.4 is 16.4 Å². The van der Waals surface area contributed by atoms with Crippen molar-refractivity contribution in [1.82, 2.24) is 10.2 Å². The first-order valence-electron chi connectivity index (χ1n) is 9.27. The van der Waals surface area contributed by atoms with Gasteiger partial charge in [0.1, 0.15) is 0 Å². The fourth-order valence-electron chi connectivity index (χ4n) is 3.29. The SMILES string of the molecule is NCCNC(=O)c1ccccc1NC(=O)C1CCCN(C(=O)C2CC2)C1. The lowest BCUT2D eigenvalue weighted by Gasteiger charge is -2.32. The number of para-hydroxylation sites is 1. The number of anilines is 1. The fraction of sp³-hybridized carbons (Fsp3) is 0.526. The van der Waals surface area contributed by atoms with E-state index in [4.69, 9.17) is 5.73 Å². The minimum atomic E-state index is -0.263. The summed E-state index contributed by atoms with van der Waals surface area (Å²) in [4.78, 5) is 39.0. The van der Waals surface area contributed by atoms with Crippen molar-refractivity contribution in [3.63, 3.8) is 0 Å². The summed E-state index contributed by atoms with van der Waals surface area (Å²) in [5.41, 5.74) is 6.31. The minimum Gasteiger partial charge on any atom is -0.351 e. The molecule has 7 nitrogen and oxygen atoms in total. The van der Waals surface area contributed by atoms with Gasteiger partial charge in [0.05, 0.1) is 17.2 Å². The fourth-order valence-corrected chi connectivity index (χ4v) is 3.29. The predicted octanol–water partition coefficient (Wildman–Crippen LogP) is 0.962. The van der Waals surface area contributed by atoms with Crippen molar-refractivity contribution in [2.24, 2.45) is 17.6 Å². The van der Waals surface area contributed by atoms with Crippen molar-refractivity contribution >= 4 is 23.4 Å². The largest absolute Gasteiger partial charge is 0.351 e. The van der Waals surface area contributed by atoms with E-state index in [1.807, 2.05) is 4.90 Å². The first-order valence-corrected chi connectivity index (χ1v) is 9.27. The van der Waals surface area contributed by atoms with E-state index in [-0.39, 0.29) is 29.6 Å². The van der Waals surface area contributed by atoms with E-state index in [0.29, 0.717) is 30.9 Å². The molecule has 3 amide bonds. The van der Waals surface area contributed by atoms with Crippen molar-refractivity contribution in [2.45, 2.75) is 25.7 Å². The molecule has 3 rings (SSSR count). The standard InChI is InChI=1S/C19H26N4O3/c20-9-10-21-18(25)15-5-1-2-6-16(15)22-17(24)14-4-3-11-23(12-14)19(26)13-7-8-13/h1-2,5-6,13-14H,3-4,7-12,20H2,(H,21,25)(H,22,24). The Bertz CT molecular complexity index is 687. The third-order valence-electron chi connectivity index (χ3n) is 4.89. The van der Waals surface area contributed by atoms with Gasteiger partial charge in [-0.2, -0.15) is 0 Å². The molecule has 0 radical (unpaired) electrons. The average Bonchev–Trinajstić information content (AvgIpc) is 3.51. The maximum Gasteiger partial charge on any atom is 0.253 e. The van der Waals surface area contributed by atoms with Gasteiger partial charge in [-0.1, -0.05) is 12.1 Å². The smallest absolute Gasteiger partial charge is 0.253 e. The van der Waals surface area contributed by atoms with Crippen LogP contribution in [0.5, 0.6) is 0 Å². The Morgan fingerprint density at radius 2 is 1.88 bits per heavy atom. The summed E-state index contributed by atoms with van der Waals surface area (Å²) >= 11 is 0. The van der Waals surface area contributed by atoms with E-state index in [9.17, 15) is 14.4 Å². The highest BCUT2D eigenvalue weighted by Crippen LogP contribution is 2.32. The third-order valence-corrected chi connectivity index (χ3v) is 4.89. The normalized spacial score (nSPS) is 19.7. The minimum absolute atomic E-state index is 0.141. The molecule has 1 saturated carbocycles. The van der Waals surface area contributed by atoms with Gasteiger partial charge in [-0.15, -0.1) is 0 Å². The van der Waals surface area contributed by atoms with Crippen LogP contribution in [0.4, 0.5) is 5.69 Å². The Kier molecular flexibility index (Phi) is 5.88. The van der Waals surface area contributed by atoms with Crippen LogP contribution in [0.2, 0.25) is 0 Å². The van der Waals surface area contributed by atoms with Crippen LogP contribution in [0.15, 0.2) is 24.3 Å². The number of hydrogen-bond donors (Lipinski definition) is 3. The molecule has 26 heavy (non-hydrogen) atoms. The van der Waals surface area contributed by atoms with E-state index in [1.54, 1.807) is 24.3 Å². The molecule has 1 aliphatic carbocycles. The monoisotopic (exact) mass is 358 g/mol. The number of carbonyl (C=O) groups is 3. The van der Waals surface area contributed by atoms with Gasteiger partial charge in [0.25, 0.3) is 5.91 Å². The van der Waals surface area contributed by atoms with Crippen molar-refractivity contribution in [1.29, 1.82) is 0 Å². The topological polar surface area (TPSA) is 105 Å². The third kappa shape index (κ3) is 4.40. The first kappa shape index (κ1) is 18.4. The van der Waals surface area contributed by atoms with Crippen LogP contribution in [0, 0.1) is 11.8 Å². The highest BCUT2D eigenvalue weighted by Gasteiger charge is 2.36. The van der Waals surface area contributed by atoms with Crippen molar-refractivity contribution in [2.75, 3.05) is 31.5 Å². The summed E-state index contributed by atoms with van der Waals surface area (Å²) in [6, 6.07) is 6.92. The van der Waals surface area contributed by atoms with Crippen molar-refractivity contribution in [3.05, 3.63) is 29.8 Å². The molecule has 7 heteroatoms. The molecule has 140 valence electrons. The highest BCUT2D eigenvalue weighted by atomic mass is 16.2. The number of carbonyl (C=O) groups excluding carboxylic acids is 3. The van der Waals surface area contributed by atoms with E-state index in [2.05, 4.69) is 10.6 Å². The molecule has 2 aliphatic rings. The number of benzene rings is 1. The molecule has 2 fully saturated rings. The van der Waals surface area contributed by atoms with Crippen molar-refractivity contribution in [3.8, 4) is 0 Å². The molecule has 0 bridgehead atoms. The second kappa shape index (κ2) is 8.31. The first-order chi connectivity index (χ1) is 12.6. The molecule has 1 aliphatic heterocycles. The number of hydrogen-bond acceptors (Lipinski definition) is 4. The second-order valence-electron chi connectivity index (χ2n) is 6.98. The van der Waals surface area contributed by atoms with Crippen LogP contribution in [0.25, 0.3) is 0 Å². The van der Waals surface area contributed by atoms with Crippen LogP contribution in [-0.4, -0.2) is 48.8 Å². The lowest BCUT2D eigenvalue weighted by atomic mass is 9.96. The number of nitrogens with two attached hydrogens (primary N) is 1. The molecule has 1 saturated heterocycles. The number of likely N-dealkylation sites (tertiary alicyclic amines) is 1. The Morgan fingerprint density at radius 3 is 2.62 bits per heavy atom. The van der Waals surface area contributed by atoms with Gasteiger partial charge in [-0.25, -0.2) is 0 Å². The van der Waals surface area contributed by atoms with Gasteiger partial charge in [-0.05, 0) is 37.8 Å². The molecule has 4 N–H and O–H groups in total. The molecule has 0 aromatic heterocycles. The zero-order valence-electron chi connectivity index (χ0n) is 14.9. The van der Waals surface area contributed by atoms with Crippen molar-refractivity contribution < 1.29 is 14.4 Å². The van der Waals surface area contributed by atoms with Gasteiger partial charge in [0.2, 0.25) is 11.8 Å². The Hall–Kier alpha value is -2.41. The zero-order valence-corrected chi connectivity index (χ0v) is 14.9. The van der Waals surface area contributed by atoms with E-state index in [0.717, 1.165) is 32.2 Å². The summed E-state index contributed by atoms with van der Waals surface area (Å²) in [5.74, 6) is -0.294. The summed E-state index contributed by atoms with van der Waals surface area (Å²) in [7, 11) is 0. The lowest BCUT2D eigenvalue weighted by Crippen LogP contribution is -2.44. The maximum atomic E-state index is 12.7. The zero-order chi connectivity index (χ0) is 18.5. The van der Waals surface area contributed by atoms with Crippen LogP contribution >= 0.6 is 0 Å². The summed E-state index contributed by atoms with van der Waals surface area (Å²) in [6.45, 7) is 1.93. The summed E-state index contributed by atoms with van der Waals surface area (Å²) < 4.78 is 0. The number of rotatable bonds is 6. The molecular formula is C19H26N4O3. The van der Waals surface area contributed by atoms with Gasteiger partial charge >= 0.3 is 0 Å². The predicted molar refractivity (Wildman–Crippen MR) is 98.5 cm³/mol. The molecule has 1 heterocycles. The van der Waals surface area contributed by atoms with Crippen LogP contribution in [0.3, 0.4) is 0 Å². The van der Waals surface area contributed by atoms with Gasteiger partial charge in [0, 0.05) is 32.1 Å². The number of amides is 3. The Balaban J connectivity index is 1.64. The van der Waals surface area contributed by atoms with Gasteiger partial charge in [-0.3, -0.25) is 14.4 Å². The molecule has 1 aromatic carbocycles. The number of nitrogens with zero attached hydrogens (tertiary/aromatic N) is 1. The Labute approximate surface area is 153 Å². The maximum absolute atomic E-state index is 12.7. The molecule has 0 spiro atoms.